The Hall–Kier alpha value is -6.37. The third kappa shape index (κ3) is 23.2. The van der Waals surface area contributed by atoms with Gasteiger partial charge in [-0.15, -0.1) is 0 Å². The number of aliphatic carboxylic acids is 4. The summed E-state index contributed by atoms with van der Waals surface area (Å²) in [4.78, 5) is 119. The van der Waals surface area contributed by atoms with Crippen molar-refractivity contribution in [1.82, 2.24) is 26.6 Å². The van der Waals surface area contributed by atoms with Gasteiger partial charge in [-0.25, -0.2) is 19.2 Å². The maximum Gasteiger partial charge on any atom is 0.364 e. The van der Waals surface area contributed by atoms with Gasteiger partial charge in [0.05, 0.1) is 101 Å². The molecule has 8 aliphatic rings. The van der Waals surface area contributed by atoms with Crippen molar-refractivity contribution >= 4 is 53.4 Å². The Morgan fingerprint density at radius 2 is 0.609 bits per heavy atom. The minimum absolute atomic E-state index is 0.759. The van der Waals surface area contributed by atoms with Crippen LogP contribution in [0.2, 0.25) is 0 Å². The summed E-state index contributed by atoms with van der Waals surface area (Å²) in [5, 5.41) is 336. The first-order valence-corrected chi connectivity index (χ1v) is 39.6. The van der Waals surface area contributed by atoms with E-state index in [0.717, 1.165) is 34.6 Å². The van der Waals surface area contributed by atoms with Crippen molar-refractivity contribution in [3.05, 3.63) is 0 Å². The summed E-state index contributed by atoms with van der Waals surface area (Å²) in [5.41, 5.74) is 0. The number of hydrogen-bond acceptors (Lipinski definition) is 49. The van der Waals surface area contributed by atoms with E-state index in [9.17, 15) is 191 Å². The summed E-state index contributed by atoms with van der Waals surface area (Å²) < 4.78 is 87.6. The lowest BCUT2D eigenvalue weighted by Crippen LogP contribution is -2.73. The van der Waals surface area contributed by atoms with Crippen LogP contribution in [0.3, 0.4) is 0 Å². The molecule has 8 saturated heterocycles. The highest BCUT2D eigenvalue weighted by Crippen LogP contribution is 2.46. The largest absolute Gasteiger partial charge is 0.477 e. The molecule has 1 unspecified atom stereocenters. The predicted molar refractivity (Wildman–Crippen MR) is 391 cm³/mol. The fourth-order valence-corrected chi connectivity index (χ4v) is 16.3. The van der Waals surface area contributed by atoms with Crippen molar-refractivity contribution in [2.45, 2.75) is 328 Å². The predicted octanol–water partition coefficient (Wildman–Crippen LogP) is -20.9. The SMILES string of the molecule is CC(=O)N[C@H]1[C@H](O[C@@H]2[C@H](O[C@]3(C(=O)O)C[C@H](O)[C@@H](NC(C)=O)[C@H]([C@H](O)[C@@H](CO)O[C@]4(C(=O)O)C[C@H](O)[C@@H](NC(C)=O)[C@H]([C@H](O)[C@H](O)CO)O4)O3)[C@@H](O)[C@H](O[C@H]3[C@H](O)[C@@H](O)C(O)O[C@@H]3CO)O[C@@H]2CO)O[C@H](CO)[C@H](O)[C@@H]1O[C@@H]1O[C@H](CO)[C@H](O)[C@H](O[C@]2(C(=O)O)C[C@H](O)[C@@H](NC(C)=O)[C@H]([C@H](O)[C@@H](CO)O[C@]3(C(=O)O)C[C@H](O)[C@@H](NC(C)=O)[C@H]([C@H](O)[C@H](O)CO)O3)O2)[C@H]1O. The topological polar surface area (TPSA) is 939 Å². The van der Waals surface area contributed by atoms with Crippen LogP contribution in [0, 0.1) is 0 Å². The summed E-state index contributed by atoms with van der Waals surface area (Å²) >= 11 is 0. The van der Waals surface area contributed by atoms with E-state index in [0.29, 0.717) is 0 Å². The van der Waals surface area contributed by atoms with E-state index in [1.165, 1.54) is 0 Å². The second-order valence-electron chi connectivity index (χ2n) is 31.8. The molecule has 34 N–H and O–H groups in total. The molecule has 0 saturated carbocycles. The van der Waals surface area contributed by atoms with Crippen LogP contribution < -0.4 is 26.6 Å². The highest BCUT2D eigenvalue weighted by Gasteiger charge is 2.67. The molecule has 128 heavy (non-hydrogen) atoms. The Morgan fingerprint density at radius 3 is 0.953 bits per heavy atom. The van der Waals surface area contributed by atoms with Crippen molar-refractivity contribution < 1.29 is 262 Å². The Labute approximate surface area is 721 Å². The van der Waals surface area contributed by atoms with Crippen LogP contribution in [-0.2, 0) is 114 Å². The first-order chi connectivity index (χ1) is 59.9. The first kappa shape index (κ1) is 107. The van der Waals surface area contributed by atoms with Gasteiger partial charge in [-0.3, -0.25) is 24.0 Å². The van der Waals surface area contributed by atoms with E-state index in [1.54, 1.807) is 0 Å². The zero-order chi connectivity index (χ0) is 95.9. The number of aliphatic hydroxyl groups is 25. The molecule has 5 amide bonds. The van der Waals surface area contributed by atoms with Crippen molar-refractivity contribution in [1.29, 1.82) is 0 Å². The minimum atomic E-state index is -3.82. The molecule has 0 bridgehead atoms. The molecule has 8 fully saturated rings. The number of amides is 5. The number of hydrogen-bond donors (Lipinski definition) is 34. The molecule has 0 aromatic heterocycles. The molecule has 8 aliphatic heterocycles. The second kappa shape index (κ2) is 44.7. The van der Waals surface area contributed by atoms with Crippen LogP contribution in [0.25, 0.3) is 0 Å². The number of carbonyl (C=O) groups excluding carboxylic acids is 5. The molecule has 0 aromatic rings. The van der Waals surface area contributed by atoms with E-state index in [4.69, 9.17) is 71.1 Å². The van der Waals surface area contributed by atoms with E-state index < -0.39 is 400 Å². The van der Waals surface area contributed by atoms with Gasteiger partial charge in [0.15, 0.2) is 25.2 Å². The summed E-state index contributed by atoms with van der Waals surface area (Å²) in [6.07, 6.45) is -92.3. The van der Waals surface area contributed by atoms with E-state index >= 15 is 0 Å². The number of rotatable bonds is 39. The zero-order valence-electron chi connectivity index (χ0n) is 68.3. The number of ether oxygens (including phenoxy) is 15. The molecule has 58 heteroatoms. The van der Waals surface area contributed by atoms with Crippen LogP contribution in [0.1, 0.15) is 60.3 Å². The quantitative estimate of drug-likeness (QED) is 0.0272. The molecule has 0 aliphatic carbocycles. The van der Waals surface area contributed by atoms with Gasteiger partial charge in [0, 0.05) is 60.3 Å². The maximum atomic E-state index is 14.3. The fourth-order valence-electron chi connectivity index (χ4n) is 16.3. The lowest BCUT2D eigenvalue weighted by molar-refractivity contribution is -0.405. The van der Waals surface area contributed by atoms with Gasteiger partial charge in [0.1, 0.15) is 171 Å². The Kier molecular flexibility index (Phi) is 37.3. The zero-order valence-corrected chi connectivity index (χ0v) is 68.3. The summed E-state index contributed by atoms with van der Waals surface area (Å²) in [7, 11) is 0. The summed E-state index contributed by atoms with van der Waals surface area (Å²) in [6.45, 7) is -7.23. The minimum Gasteiger partial charge on any atom is -0.477 e. The van der Waals surface area contributed by atoms with Crippen LogP contribution in [0.5, 0.6) is 0 Å². The van der Waals surface area contributed by atoms with Crippen LogP contribution in [0.15, 0.2) is 0 Å². The van der Waals surface area contributed by atoms with Gasteiger partial charge in [0.25, 0.3) is 23.1 Å². The summed E-state index contributed by atoms with van der Waals surface area (Å²) in [5.74, 6) is -29.1. The molecule has 58 nitrogen and oxygen atoms in total. The lowest BCUT2D eigenvalue weighted by Gasteiger charge is -2.53. The van der Waals surface area contributed by atoms with Gasteiger partial charge in [0.2, 0.25) is 29.5 Å². The van der Waals surface area contributed by atoms with Crippen LogP contribution >= 0.6 is 0 Å². The van der Waals surface area contributed by atoms with Gasteiger partial charge >= 0.3 is 23.9 Å². The van der Waals surface area contributed by atoms with Gasteiger partial charge in [-0.1, -0.05) is 0 Å². The molecule has 8 heterocycles. The number of carboxylic acid groups (broad SMARTS) is 4. The molecule has 0 spiro atoms. The first-order valence-electron chi connectivity index (χ1n) is 39.6. The van der Waals surface area contributed by atoms with E-state index in [-0.39, 0.29) is 0 Å². The average Bonchev–Trinajstić information content (AvgIpc) is 0.747. The molecule has 0 aromatic carbocycles. The Morgan fingerprint density at radius 1 is 0.320 bits per heavy atom. The summed E-state index contributed by atoms with van der Waals surface area (Å²) in [6, 6.07) is -10.4. The number of carbonyl (C=O) groups is 9. The molecule has 0 radical (unpaired) electrons. The maximum absolute atomic E-state index is 14.3. The van der Waals surface area contributed by atoms with Gasteiger partial charge in [-0.2, -0.15) is 0 Å². The lowest BCUT2D eigenvalue weighted by atomic mass is 9.87. The number of carboxylic acids is 4. The molecule has 44 atom stereocenters. The molecular formula is C70H113N5O53. The van der Waals surface area contributed by atoms with E-state index in [1.807, 2.05) is 0 Å². The van der Waals surface area contributed by atoms with Crippen LogP contribution in [-0.4, -0.2) is 522 Å². The molecular weight excluding hydrogens is 1760 g/mol. The third-order valence-corrected chi connectivity index (χ3v) is 22.6. The normalized spacial score (nSPS) is 42.5. The van der Waals surface area contributed by atoms with E-state index in [2.05, 4.69) is 26.6 Å². The number of nitrogens with one attached hydrogen (secondary N) is 5. The highest BCUT2D eigenvalue weighted by atomic mass is 16.8. The average molecular weight is 1870 g/mol. The molecule has 736 valence electrons. The van der Waals surface area contributed by atoms with Crippen molar-refractivity contribution in [3.8, 4) is 0 Å². The molecule has 8 rings (SSSR count). The monoisotopic (exact) mass is 1870 g/mol. The van der Waals surface area contributed by atoms with Crippen molar-refractivity contribution in [2.24, 2.45) is 0 Å². The number of aliphatic hydroxyl groups excluding tert-OH is 25. The Balaban J connectivity index is 1.18. The van der Waals surface area contributed by atoms with Crippen molar-refractivity contribution in [3.63, 3.8) is 0 Å². The van der Waals surface area contributed by atoms with Gasteiger partial charge in [-0.05, 0) is 0 Å². The standard InChI is InChI=1S/C70H113N5O53/c1-18(84)71-35-23(89)6-67(63(106)107,123-53(35)40(95)27(93)10-76)121-31(14-80)44(99)55-37(73-20(3)86)25(91)8-69(125-55,65(110)111)127-57-43(98)30(13-79)116-61(48(57)103)120-52-39(75-22(5)88)60(115-29(12-78)42(52)97)119-51-34(17-83)117-62(118-50-33(16-82)114-59(105)47(102)46(50)101)49(104)58(51)128-70(66(112)113)9-26(92)38(74-21(4)87)56(126-70)45(100)32(15-81)122-68(64(108)109)7-24(90)36(72-19(2)85)54(124-68)41(96)28(94)11-77/h23-62,76-83,89-105H,6-17H2,1-5H3,(H,71,84)(H,72,85)(H,73,86)(H,74,87)(H,75,88)(H,106,107)(H,108,109)(H,110,111)(H,112,113)/t23-,24-,25-,26-,27+,28+,29+,30+,31+,32+,33+,34+,35+,36+,37+,38+,39+,40+,41+,42-,43-,44+,45+,46+,47+,48+,49+,50+,51-,52+,53+,54+,55+,56+,57-,58+,59?,60-,61-,62-,67+,68+,69-,70-/m0/s1. The highest BCUT2D eigenvalue weighted by molar-refractivity contribution is 5.79. The van der Waals surface area contributed by atoms with Crippen molar-refractivity contribution in [2.75, 3.05) is 52.9 Å². The van der Waals surface area contributed by atoms with Gasteiger partial charge < -0.3 is 246 Å². The van der Waals surface area contributed by atoms with Crippen LogP contribution in [0.4, 0.5) is 0 Å². The third-order valence-electron chi connectivity index (χ3n) is 22.6. The fraction of sp³-hybridized carbons (Fsp3) is 0.871. The second-order valence-corrected chi connectivity index (χ2v) is 31.8. The smallest absolute Gasteiger partial charge is 0.364 e. The Bertz CT molecular complexity index is 3720.